The van der Waals surface area contributed by atoms with Crippen molar-refractivity contribution in [2.45, 2.75) is 6.54 Å². The van der Waals surface area contributed by atoms with E-state index in [0.29, 0.717) is 19.7 Å². The van der Waals surface area contributed by atoms with Crippen LogP contribution >= 0.6 is 11.3 Å². The summed E-state index contributed by atoms with van der Waals surface area (Å²) in [6.45, 7) is 1.33. The van der Waals surface area contributed by atoms with Gasteiger partial charge in [-0.1, -0.05) is 12.1 Å². The van der Waals surface area contributed by atoms with E-state index in [2.05, 4.69) is 5.32 Å². The molecule has 2 aromatic rings. The van der Waals surface area contributed by atoms with Crippen LogP contribution in [-0.2, 0) is 11.3 Å². The van der Waals surface area contributed by atoms with Gasteiger partial charge in [0.05, 0.1) is 12.3 Å². The normalized spacial score (nSPS) is 10.4. The molecule has 1 N–H and O–H groups in total. The Kier molecular flexibility index (Phi) is 5.71. The van der Waals surface area contributed by atoms with Crippen molar-refractivity contribution in [3.05, 3.63) is 52.5 Å². The lowest BCUT2D eigenvalue weighted by atomic mass is 10.3. The first-order chi connectivity index (χ1) is 10.2. The summed E-state index contributed by atoms with van der Waals surface area (Å²) in [6.07, 6.45) is 0. The molecule has 1 heterocycles. The third-order valence-electron chi connectivity index (χ3n) is 2.92. The van der Waals surface area contributed by atoms with Crippen molar-refractivity contribution in [2.24, 2.45) is 0 Å². The number of hydrogen-bond acceptors (Lipinski definition) is 3. The first-order valence-electron chi connectivity index (χ1n) is 6.51. The molecule has 4 nitrogen and oxygen atoms in total. The van der Waals surface area contributed by atoms with Crippen LogP contribution in [0.5, 0.6) is 0 Å². The molecule has 0 aliphatic carbocycles. The Morgan fingerprint density at radius 3 is 2.86 bits per heavy atom. The largest absolute Gasteiger partial charge is 0.383 e. The number of nitrogens with zero attached hydrogens (tertiary/aromatic N) is 1. The standard InChI is InChI=1S/C15H17FN2O2S/c1-20-8-7-18(10-12-6-9-21-11-12)15(19)17-14-5-3-2-4-13(14)16/h2-6,9,11H,7-8,10H2,1H3,(H,17,19). The molecule has 0 atom stereocenters. The highest BCUT2D eigenvalue weighted by Gasteiger charge is 2.15. The lowest BCUT2D eigenvalue weighted by molar-refractivity contribution is 0.153. The molecule has 6 heteroatoms. The molecule has 0 aliphatic rings. The summed E-state index contributed by atoms with van der Waals surface area (Å²) in [4.78, 5) is 13.9. The predicted molar refractivity (Wildman–Crippen MR) is 82.0 cm³/mol. The van der Waals surface area contributed by atoms with Crippen molar-refractivity contribution in [3.63, 3.8) is 0 Å². The molecule has 0 saturated carbocycles. The molecule has 1 aromatic heterocycles. The molecule has 0 fully saturated rings. The highest BCUT2D eigenvalue weighted by atomic mass is 32.1. The number of para-hydroxylation sites is 1. The van der Waals surface area contributed by atoms with Crippen molar-refractivity contribution < 1.29 is 13.9 Å². The third kappa shape index (κ3) is 4.54. The first kappa shape index (κ1) is 15.5. The molecular formula is C15H17FN2O2S. The van der Waals surface area contributed by atoms with E-state index in [1.54, 1.807) is 35.5 Å². The van der Waals surface area contributed by atoms with Crippen LogP contribution in [0.25, 0.3) is 0 Å². The molecule has 112 valence electrons. The van der Waals surface area contributed by atoms with E-state index < -0.39 is 5.82 Å². The van der Waals surface area contributed by atoms with Crippen LogP contribution in [0, 0.1) is 5.82 Å². The fourth-order valence-electron chi connectivity index (χ4n) is 1.81. The molecule has 2 rings (SSSR count). The second-order valence-corrected chi connectivity index (χ2v) is 5.24. The molecule has 0 aliphatic heterocycles. The minimum atomic E-state index is -0.451. The molecule has 0 radical (unpaired) electrons. The Hall–Kier alpha value is -1.92. The van der Waals surface area contributed by atoms with E-state index in [9.17, 15) is 9.18 Å². The van der Waals surface area contributed by atoms with Gasteiger partial charge in [0.2, 0.25) is 0 Å². The van der Waals surface area contributed by atoms with Crippen molar-refractivity contribution in [1.82, 2.24) is 4.90 Å². The van der Waals surface area contributed by atoms with Crippen LogP contribution < -0.4 is 5.32 Å². The number of carbonyl (C=O) groups excluding carboxylic acids is 1. The zero-order valence-corrected chi connectivity index (χ0v) is 12.5. The highest BCUT2D eigenvalue weighted by molar-refractivity contribution is 7.07. The van der Waals surface area contributed by atoms with Crippen LogP contribution in [-0.4, -0.2) is 31.2 Å². The number of halogens is 1. The lowest BCUT2D eigenvalue weighted by Gasteiger charge is -2.22. The van der Waals surface area contributed by atoms with E-state index in [1.807, 2.05) is 16.8 Å². The summed E-state index contributed by atoms with van der Waals surface area (Å²) < 4.78 is 18.6. The Morgan fingerprint density at radius 1 is 1.38 bits per heavy atom. The number of ether oxygens (including phenoxy) is 1. The van der Waals surface area contributed by atoms with Gasteiger partial charge in [0.15, 0.2) is 0 Å². The Labute approximate surface area is 127 Å². The zero-order chi connectivity index (χ0) is 15.1. The topological polar surface area (TPSA) is 41.6 Å². The average molecular weight is 308 g/mol. The van der Waals surface area contributed by atoms with E-state index in [-0.39, 0.29) is 11.7 Å². The number of urea groups is 1. The van der Waals surface area contributed by atoms with Crippen LogP contribution in [0.4, 0.5) is 14.9 Å². The maximum absolute atomic E-state index is 13.6. The number of amides is 2. The zero-order valence-electron chi connectivity index (χ0n) is 11.7. The van der Waals surface area contributed by atoms with Gasteiger partial charge in [-0.15, -0.1) is 0 Å². The molecule has 0 bridgehead atoms. The molecule has 0 saturated heterocycles. The van der Waals surface area contributed by atoms with E-state index >= 15 is 0 Å². The van der Waals surface area contributed by atoms with Gasteiger partial charge in [-0.2, -0.15) is 11.3 Å². The van der Waals surface area contributed by atoms with Gasteiger partial charge in [-0.25, -0.2) is 9.18 Å². The van der Waals surface area contributed by atoms with Gasteiger partial charge in [-0.3, -0.25) is 0 Å². The fourth-order valence-corrected chi connectivity index (χ4v) is 2.47. The van der Waals surface area contributed by atoms with Gasteiger partial charge in [0, 0.05) is 20.2 Å². The fraction of sp³-hybridized carbons (Fsp3) is 0.267. The number of carbonyl (C=O) groups is 1. The maximum atomic E-state index is 13.6. The van der Waals surface area contributed by atoms with Gasteiger partial charge >= 0.3 is 6.03 Å². The van der Waals surface area contributed by atoms with Gasteiger partial charge in [-0.05, 0) is 34.5 Å². The maximum Gasteiger partial charge on any atom is 0.322 e. The van der Waals surface area contributed by atoms with Gasteiger partial charge in [0.25, 0.3) is 0 Å². The summed E-state index contributed by atoms with van der Waals surface area (Å²) in [5, 5.41) is 6.53. The molecule has 0 spiro atoms. The van der Waals surface area contributed by atoms with Crippen molar-refractivity contribution in [1.29, 1.82) is 0 Å². The second-order valence-electron chi connectivity index (χ2n) is 4.46. The van der Waals surface area contributed by atoms with Crippen LogP contribution in [0.2, 0.25) is 0 Å². The van der Waals surface area contributed by atoms with Crippen molar-refractivity contribution >= 4 is 23.1 Å². The van der Waals surface area contributed by atoms with E-state index in [0.717, 1.165) is 5.56 Å². The molecular weight excluding hydrogens is 291 g/mol. The number of methoxy groups -OCH3 is 1. The number of rotatable bonds is 6. The average Bonchev–Trinajstić information content (AvgIpc) is 2.98. The van der Waals surface area contributed by atoms with Crippen molar-refractivity contribution in [2.75, 3.05) is 25.6 Å². The molecule has 0 unspecified atom stereocenters. The number of thiophene rings is 1. The number of benzene rings is 1. The summed E-state index contributed by atoms with van der Waals surface area (Å²) in [5.74, 6) is -0.451. The second kappa shape index (κ2) is 7.75. The summed E-state index contributed by atoms with van der Waals surface area (Å²) >= 11 is 1.57. The number of hydrogen-bond donors (Lipinski definition) is 1. The smallest absolute Gasteiger partial charge is 0.322 e. The first-order valence-corrected chi connectivity index (χ1v) is 7.45. The minimum Gasteiger partial charge on any atom is -0.383 e. The molecule has 1 aromatic carbocycles. The highest BCUT2D eigenvalue weighted by Crippen LogP contribution is 2.15. The summed E-state index contributed by atoms with van der Waals surface area (Å²) in [5.41, 5.74) is 1.22. The number of nitrogens with one attached hydrogen (secondary N) is 1. The van der Waals surface area contributed by atoms with Crippen molar-refractivity contribution in [3.8, 4) is 0 Å². The Bertz CT molecular complexity index is 575. The van der Waals surface area contributed by atoms with E-state index in [4.69, 9.17) is 4.74 Å². The van der Waals surface area contributed by atoms with E-state index in [1.165, 1.54) is 12.1 Å². The lowest BCUT2D eigenvalue weighted by Crippen LogP contribution is -2.36. The van der Waals surface area contributed by atoms with Gasteiger partial charge < -0.3 is 15.0 Å². The third-order valence-corrected chi connectivity index (χ3v) is 3.65. The van der Waals surface area contributed by atoms with Crippen LogP contribution in [0.15, 0.2) is 41.1 Å². The molecule has 21 heavy (non-hydrogen) atoms. The minimum absolute atomic E-state index is 0.176. The monoisotopic (exact) mass is 308 g/mol. The van der Waals surface area contributed by atoms with Gasteiger partial charge in [0.1, 0.15) is 5.82 Å². The summed E-state index contributed by atoms with van der Waals surface area (Å²) in [7, 11) is 1.58. The Balaban J connectivity index is 2.05. The summed E-state index contributed by atoms with van der Waals surface area (Å²) in [6, 6.07) is 7.72. The van der Waals surface area contributed by atoms with Crippen LogP contribution in [0.1, 0.15) is 5.56 Å². The Morgan fingerprint density at radius 2 is 2.19 bits per heavy atom. The quantitative estimate of drug-likeness (QED) is 0.886. The SMILES string of the molecule is COCCN(Cc1ccsc1)C(=O)Nc1ccccc1F. The number of anilines is 1. The van der Waals surface area contributed by atoms with Crippen LogP contribution in [0.3, 0.4) is 0 Å². The molecule has 2 amide bonds. The predicted octanol–water partition coefficient (Wildman–Crippen LogP) is 3.57.